The van der Waals surface area contributed by atoms with Gasteiger partial charge in [0.05, 0.1) is 13.2 Å². The van der Waals surface area contributed by atoms with Crippen LogP contribution in [-0.4, -0.2) is 25.9 Å². The van der Waals surface area contributed by atoms with Crippen molar-refractivity contribution >= 4 is 0 Å². The van der Waals surface area contributed by atoms with E-state index in [4.69, 9.17) is 9.47 Å². The Morgan fingerprint density at radius 1 is 1.07 bits per heavy atom. The van der Waals surface area contributed by atoms with Crippen LogP contribution >= 0.6 is 0 Å². The van der Waals surface area contributed by atoms with E-state index in [2.05, 4.69) is 6.92 Å². The second kappa shape index (κ2) is 8.25. The maximum Gasteiger partial charge on any atom is 0.104 e. The Morgan fingerprint density at radius 3 is 2.36 bits per heavy atom. The minimum Gasteiger partial charge on any atom is -0.379 e. The van der Waals surface area contributed by atoms with Crippen molar-refractivity contribution in [3.8, 4) is 0 Å². The molecule has 1 fully saturated rings. The fraction of sp³-hybridized carbons (Fsp3) is 1.00. The zero-order valence-electron chi connectivity index (χ0n) is 9.46. The zero-order valence-corrected chi connectivity index (χ0v) is 9.46. The topological polar surface area (TPSA) is 21.8 Å². The maximum atomic E-state index is 5.46. The monoisotopic (exact) mass is 200 g/mol. The van der Waals surface area contributed by atoms with Crippen LogP contribution in [-0.2, 0) is 9.47 Å². The van der Waals surface area contributed by atoms with Crippen molar-refractivity contribution in [1.29, 1.82) is 0 Å². The fourth-order valence-electron chi connectivity index (χ4n) is 1.54. The van der Waals surface area contributed by atoms with Crippen LogP contribution in [0.3, 0.4) is 0 Å². The summed E-state index contributed by atoms with van der Waals surface area (Å²) in [6, 6.07) is 0. The fourth-order valence-corrected chi connectivity index (χ4v) is 1.54. The Balaban J connectivity index is 1.63. The summed E-state index contributed by atoms with van der Waals surface area (Å²) in [6.07, 6.45) is 9.91. The van der Waals surface area contributed by atoms with Crippen LogP contribution in [0.25, 0.3) is 0 Å². The Kier molecular flexibility index (Phi) is 7.06. The van der Waals surface area contributed by atoms with E-state index in [0.29, 0.717) is 6.10 Å². The molecule has 0 spiro atoms. The molecule has 0 aromatic heterocycles. The van der Waals surface area contributed by atoms with Gasteiger partial charge in [-0.25, -0.2) is 0 Å². The summed E-state index contributed by atoms with van der Waals surface area (Å²) in [5.41, 5.74) is 0. The summed E-state index contributed by atoms with van der Waals surface area (Å²) < 4.78 is 10.5. The summed E-state index contributed by atoms with van der Waals surface area (Å²) in [6.45, 7) is 4.91. The lowest BCUT2D eigenvalue weighted by atomic mass is 10.1. The van der Waals surface area contributed by atoms with E-state index in [-0.39, 0.29) is 0 Å². The van der Waals surface area contributed by atoms with Gasteiger partial charge in [-0.3, -0.25) is 0 Å². The third-order valence-electron chi connectivity index (χ3n) is 2.60. The summed E-state index contributed by atoms with van der Waals surface area (Å²) in [7, 11) is 0. The summed E-state index contributed by atoms with van der Waals surface area (Å²) in [5.74, 6) is 0. The molecule has 1 atom stereocenters. The van der Waals surface area contributed by atoms with Crippen molar-refractivity contribution in [2.45, 2.75) is 58.0 Å². The molecule has 0 aliphatic carbocycles. The highest BCUT2D eigenvalue weighted by molar-refractivity contribution is 4.66. The molecular formula is C12H24O2. The lowest BCUT2D eigenvalue weighted by molar-refractivity contribution is 0.113. The first-order chi connectivity index (χ1) is 6.93. The molecule has 1 aliphatic heterocycles. The van der Waals surface area contributed by atoms with Crippen LogP contribution < -0.4 is 0 Å². The minimum atomic E-state index is 0.430. The van der Waals surface area contributed by atoms with Crippen molar-refractivity contribution in [3.63, 3.8) is 0 Å². The lowest BCUT2D eigenvalue weighted by Gasteiger charge is -2.02. The Hall–Kier alpha value is -0.0800. The number of epoxide rings is 1. The van der Waals surface area contributed by atoms with Gasteiger partial charge in [-0.1, -0.05) is 45.4 Å². The Labute approximate surface area is 88.0 Å². The first kappa shape index (κ1) is 12.0. The van der Waals surface area contributed by atoms with Crippen LogP contribution in [0.1, 0.15) is 51.9 Å². The van der Waals surface area contributed by atoms with Crippen molar-refractivity contribution in [3.05, 3.63) is 0 Å². The molecule has 14 heavy (non-hydrogen) atoms. The number of hydrogen-bond acceptors (Lipinski definition) is 2. The molecule has 0 bridgehead atoms. The highest BCUT2D eigenvalue weighted by Gasteiger charge is 2.21. The molecule has 2 heteroatoms. The first-order valence-electron chi connectivity index (χ1n) is 6.13. The van der Waals surface area contributed by atoms with Crippen LogP contribution in [0.2, 0.25) is 0 Å². The van der Waals surface area contributed by atoms with E-state index in [0.717, 1.165) is 19.8 Å². The average molecular weight is 200 g/mol. The van der Waals surface area contributed by atoms with Crippen LogP contribution in [0.15, 0.2) is 0 Å². The molecule has 0 amide bonds. The largest absolute Gasteiger partial charge is 0.379 e. The molecule has 1 aliphatic rings. The Bertz CT molecular complexity index is 121. The standard InChI is InChI=1S/C12H24O2/c1-2-3-4-5-6-7-8-9-13-10-12-11-14-12/h12H,2-11H2,1H3. The van der Waals surface area contributed by atoms with Gasteiger partial charge in [0.1, 0.15) is 6.10 Å². The smallest absolute Gasteiger partial charge is 0.104 e. The van der Waals surface area contributed by atoms with Gasteiger partial charge in [0.2, 0.25) is 0 Å². The van der Waals surface area contributed by atoms with E-state index >= 15 is 0 Å². The van der Waals surface area contributed by atoms with Crippen LogP contribution in [0.5, 0.6) is 0 Å². The summed E-state index contributed by atoms with van der Waals surface area (Å²) in [5, 5.41) is 0. The van der Waals surface area contributed by atoms with Crippen LogP contribution in [0, 0.1) is 0 Å². The van der Waals surface area contributed by atoms with E-state index in [1.807, 2.05) is 0 Å². The third-order valence-corrected chi connectivity index (χ3v) is 2.60. The maximum absolute atomic E-state index is 5.46. The molecule has 1 saturated heterocycles. The number of rotatable bonds is 10. The van der Waals surface area contributed by atoms with Crippen LogP contribution in [0.4, 0.5) is 0 Å². The van der Waals surface area contributed by atoms with E-state index < -0.39 is 0 Å². The molecular weight excluding hydrogens is 176 g/mol. The minimum absolute atomic E-state index is 0.430. The van der Waals surface area contributed by atoms with Crippen molar-refractivity contribution in [2.24, 2.45) is 0 Å². The molecule has 0 aromatic carbocycles. The van der Waals surface area contributed by atoms with Gasteiger partial charge < -0.3 is 9.47 Å². The molecule has 1 unspecified atom stereocenters. The van der Waals surface area contributed by atoms with Crippen molar-refractivity contribution in [1.82, 2.24) is 0 Å². The molecule has 1 heterocycles. The third kappa shape index (κ3) is 7.34. The van der Waals surface area contributed by atoms with E-state index in [1.165, 1.54) is 44.9 Å². The molecule has 84 valence electrons. The predicted octanol–water partition coefficient (Wildman–Crippen LogP) is 3.15. The first-order valence-corrected chi connectivity index (χ1v) is 6.13. The SMILES string of the molecule is CCCCCCCCCOCC1CO1. The number of hydrogen-bond donors (Lipinski definition) is 0. The summed E-state index contributed by atoms with van der Waals surface area (Å²) >= 11 is 0. The van der Waals surface area contributed by atoms with Crippen molar-refractivity contribution < 1.29 is 9.47 Å². The van der Waals surface area contributed by atoms with Gasteiger partial charge in [-0.05, 0) is 6.42 Å². The highest BCUT2D eigenvalue weighted by atomic mass is 16.6. The number of ether oxygens (including phenoxy) is 2. The lowest BCUT2D eigenvalue weighted by Crippen LogP contribution is -2.02. The molecule has 1 rings (SSSR count). The zero-order chi connectivity index (χ0) is 10.1. The Morgan fingerprint density at radius 2 is 1.71 bits per heavy atom. The second-order valence-electron chi connectivity index (χ2n) is 4.15. The van der Waals surface area contributed by atoms with Gasteiger partial charge in [0.25, 0.3) is 0 Å². The molecule has 2 nitrogen and oxygen atoms in total. The van der Waals surface area contributed by atoms with Gasteiger partial charge in [-0.2, -0.15) is 0 Å². The van der Waals surface area contributed by atoms with Gasteiger partial charge >= 0.3 is 0 Å². The average Bonchev–Trinajstić information content (AvgIpc) is 2.99. The van der Waals surface area contributed by atoms with E-state index in [9.17, 15) is 0 Å². The van der Waals surface area contributed by atoms with Gasteiger partial charge in [0, 0.05) is 6.61 Å². The number of unbranched alkanes of at least 4 members (excludes halogenated alkanes) is 6. The molecule has 0 aromatic rings. The quantitative estimate of drug-likeness (QED) is 0.399. The van der Waals surface area contributed by atoms with Crippen molar-refractivity contribution in [2.75, 3.05) is 19.8 Å². The summed E-state index contributed by atoms with van der Waals surface area (Å²) in [4.78, 5) is 0. The molecule has 0 radical (unpaired) electrons. The van der Waals surface area contributed by atoms with Gasteiger partial charge in [-0.15, -0.1) is 0 Å². The molecule has 0 N–H and O–H groups in total. The molecule has 0 saturated carbocycles. The highest BCUT2D eigenvalue weighted by Crippen LogP contribution is 2.10. The van der Waals surface area contributed by atoms with Gasteiger partial charge in [0.15, 0.2) is 0 Å². The normalized spacial score (nSPS) is 19.9. The van der Waals surface area contributed by atoms with E-state index in [1.54, 1.807) is 0 Å². The predicted molar refractivity (Wildman–Crippen MR) is 58.6 cm³/mol. The second-order valence-corrected chi connectivity index (χ2v) is 4.15.